The Kier molecular flexibility index (Phi) is 5.22. The summed E-state index contributed by atoms with van der Waals surface area (Å²) in [5.41, 5.74) is 0. The van der Waals surface area contributed by atoms with Crippen LogP contribution in [0.25, 0.3) is 0 Å². The molecule has 1 aromatic rings. The Morgan fingerprint density at radius 1 is 1.50 bits per heavy atom. The van der Waals surface area contributed by atoms with Crippen molar-refractivity contribution in [1.82, 2.24) is 10.2 Å². The van der Waals surface area contributed by atoms with Crippen molar-refractivity contribution < 1.29 is 0 Å². The van der Waals surface area contributed by atoms with Gasteiger partial charge in [-0.3, -0.25) is 4.90 Å². The van der Waals surface area contributed by atoms with Crippen LogP contribution >= 0.6 is 11.3 Å². The molecule has 1 aromatic heterocycles. The lowest BCUT2D eigenvalue weighted by Gasteiger charge is -2.30. The summed E-state index contributed by atoms with van der Waals surface area (Å²) in [5, 5.41) is 3.62. The molecule has 2 unspecified atom stereocenters. The topological polar surface area (TPSA) is 15.3 Å². The third-order valence-corrected chi connectivity index (χ3v) is 5.02. The lowest BCUT2D eigenvalue weighted by molar-refractivity contribution is 0.195. The smallest absolute Gasteiger partial charge is 0.0414 e. The van der Waals surface area contributed by atoms with E-state index in [0.717, 1.165) is 0 Å². The van der Waals surface area contributed by atoms with Crippen LogP contribution in [0.4, 0.5) is 0 Å². The van der Waals surface area contributed by atoms with E-state index in [2.05, 4.69) is 43.1 Å². The second-order valence-electron chi connectivity index (χ2n) is 5.41. The van der Waals surface area contributed by atoms with Crippen LogP contribution in [0.3, 0.4) is 0 Å². The fourth-order valence-corrected chi connectivity index (χ4v) is 3.75. The molecule has 0 radical (unpaired) electrons. The molecular formula is C15H26N2S. The van der Waals surface area contributed by atoms with E-state index in [-0.39, 0.29) is 0 Å². The Labute approximate surface area is 115 Å². The predicted molar refractivity (Wildman–Crippen MR) is 80.4 cm³/mol. The first-order valence-electron chi connectivity index (χ1n) is 7.24. The van der Waals surface area contributed by atoms with Gasteiger partial charge < -0.3 is 5.32 Å². The molecular weight excluding hydrogens is 240 g/mol. The molecule has 1 aliphatic heterocycles. The highest BCUT2D eigenvalue weighted by atomic mass is 32.1. The lowest BCUT2D eigenvalue weighted by atomic mass is 10.1. The Bertz CT molecular complexity index is 355. The van der Waals surface area contributed by atoms with Crippen molar-refractivity contribution in [1.29, 1.82) is 0 Å². The van der Waals surface area contributed by atoms with Crippen LogP contribution in [-0.4, -0.2) is 30.6 Å². The first-order valence-corrected chi connectivity index (χ1v) is 8.06. The molecule has 2 rings (SSSR count). The van der Waals surface area contributed by atoms with Crippen molar-refractivity contribution in [3.8, 4) is 0 Å². The minimum absolute atomic E-state index is 0.561. The molecule has 0 spiro atoms. The molecule has 0 amide bonds. The standard InChI is InChI=1S/C15H26N2S/c1-4-10-17(11-14-6-5-9-16-14)13(3)15-8-7-12(2)18-15/h7-8,13-14,16H,4-6,9-11H2,1-3H3. The van der Waals surface area contributed by atoms with E-state index >= 15 is 0 Å². The van der Waals surface area contributed by atoms with Gasteiger partial charge in [0.25, 0.3) is 0 Å². The largest absolute Gasteiger partial charge is 0.313 e. The normalized spacial score (nSPS) is 21.7. The van der Waals surface area contributed by atoms with Crippen molar-refractivity contribution in [3.05, 3.63) is 21.9 Å². The van der Waals surface area contributed by atoms with Gasteiger partial charge in [-0.2, -0.15) is 0 Å². The number of nitrogens with one attached hydrogen (secondary N) is 1. The van der Waals surface area contributed by atoms with Gasteiger partial charge in [0.1, 0.15) is 0 Å². The van der Waals surface area contributed by atoms with E-state index in [1.165, 1.54) is 48.7 Å². The van der Waals surface area contributed by atoms with Gasteiger partial charge >= 0.3 is 0 Å². The average molecular weight is 266 g/mol. The predicted octanol–water partition coefficient (Wildman–Crippen LogP) is 3.58. The molecule has 1 fully saturated rings. The van der Waals surface area contributed by atoms with E-state index in [1.54, 1.807) is 0 Å². The molecule has 0 bridgehead atoms. The molecule has 2 nitrogen and oxygen atoms in total. The maximum atomic E-state index is 3.62. The molecule has 102 valence electrons. The maximum absolute atomic E-state index is 3.62. The van der Waals surface area contributed by atoms with Gasteiger partial charge in [0.2, 0.25) is 0 Å². The van der Waals surface area contributed by atoms with Gasteiger partial charge in [-0.05, 0) is 58.3 Å². The third kappa shape index (κ3) is 3.56. The van der Waals surface area contributed by atoms with Crippen LogP contribution in [0.5, 0.6) is 0 Å². The van der Waals surface area contributed by atoms with Gasteiger partial charge in [0.15, 0.2) is 0 Å². The van der Waals surface area contributed by atoms with Crippen LogP contribution in [0.2, 0.25) is 0 Å². The Morgan fingerprint density at radius 2 is 2.33 bits per heavy atom. The molecule has 0 aliphatic carbocycles. The van der Waals surface area contributed by atoms with Gasteiger partial charge in [-0.1, -0.05) is 6.92 Å². The molecule has 0 aromatic carbocycles. The minimum atomic E-state index is 0.561. The summed E-state index contributed by atoms with van der Waals surface area (Å²) in [6.07, 6.45) is 3.93. The van der Waals surface area contributed by atoms with Gasteiger partial charge in [-0.25, -0.2) is 0 Å². The fourth-order valence-electron chi connectivity index (χ4n) is 2.78. The van der Waals surface area contributed by atoms with Crippen LogP contribution in [0.15, 0.2) is 12.1 Å². The molecule has 0 saturated carbocycles. The number of thiophene rings is 1. The summed E-state index contributed by atoms with van der Waals surface area (Å²) in [6, 6.07) is 5.82. The average Bonchev–Trinajstić information content (AvgIpc) is 2.99. The molecule has 1 N–H and O–H groups in total. The van der Waals surface area contributed by atoms with E-state index in [4.69, 9.17) is 0 Å². The monoisotopic (exact) mass is 266 g/mol. The molecule has 2 heterocycles. The van der Waals surface area contributed by atoms with Gasteiger partial charge in [0.05, 0.1) is 0 Å². The zero-order valence-electron chi connectivity index (χ0n) is 11.9. The minimum Gasteiger partial charge on any atom is -0.313 e. The van der Waals surface area contributed by atoms with Crippen molar-refractivity contribution in [2.75, 3.05) is 19.6 Å². The molecule has 3 heteroatoms. The van der Waals surface area contributed by atoms with E-state index in [0.29, 0.717) is 12.1 Å². The summed E-state index contributed by atoms with van der Waals surface area (Å²) >= 11 is 1.95. The first-order chi connectivity index (χ1) is 8.70. The first kappa shape index (κ1) is 14.0. The molecule has 2 atom stereocenters. The summed E-state index contributed by atoms with van der Waals surface area (Å²) in [7, 11) is 0. The van der Waals surface area contributed by atoms with Crippen LogP contribution in [-0.2, 0) is 0 Å². The van der Waals surface area contributed by atoms with E-state index in [9.17, 15) is 0 Å². The third-order valence-electron chi connectivity index (χ3n) is 3.85. The number of nitrogens with zero attached hydrogens (tertiary/aromatic N) is 1. The van der Waals surface area contributed by atoms with Crippen LogP contribution < -0.4 is 5.32 Å². The summed E-state index contributed by atoms with van der Waals surface area (Å²) in [6.45, 7) is 10.4. The van der Waals surface area contributed by atoms with Crippen molar-refractivity contribution in [2.24, 2.45) is 0 Å². The van der Waals surface area contributed by atoms with E-state index < -0.39 is 0 Å². The highest BCUT2D eigenvalue weighted by Crippen LogP contribution is 2.28. The van der Waals surface area contributed by atoms with Crippen molar-refractivity contribution >= 4 is 11.3 Å². The second-order valence-corrected chi connectivity index (χ2v) is 6.73. The number of hydrogen-bond donors (Lipinski definition) is 1. The summed E-state index contributed by atoms with van der Waals surface area (Å²) < 4.78 is 0. The molecule has 1 saturated heterocycles. The van der Waals surface area contributed by atoms with Crippen LogP contribution in [0, 0.1) is 6.92 Å². The Morgan fingerprint density at radius 3 is 2.89 bits per heavy atom. The summed E-state index contributed by atoms with van der Waals surface area (Å²) in [5.74, 6) is 0. The fraction of sp³-hybridized carbons (Fsp3) is 0.733. The molecule has 1 aliphatic rings. The zero-order valence-corrected chi connectivity index (χ0v) is 12.7. The number of hydrogen-bond acceptors (Lipinski definition) is 3. The zero-order chi connectivity index (χ0) is 13.0. The van der Waals surface area contributed by atoms with Gasteiger partial charge in [-0.15, -0.1) is 11.3 Å². The number of rotatable bonds is 6. The Hall–Kier alpha value is -0.380. The highest BCUT2D eigenvalue weighted by Gasteiger charge is 2.22. The lowest BCUT2D eigenvalue weighted by Crippen LogP contribution is -2.39. The van der Waals surface area contributed by atoms with Crippen LogP contribution in [0.1, 0.15) is 48.9 Å². The van der Waals surface area contributed by atoms with Crippen molar-refractivity contribution in [2.45, 2.75) is 52.1 Å². The maximum Gasteiger partial charge on any atom is 0.0414 e. The second kappa shape index (κ2) is 6.69. The van der Waals surface area contributed by atoms with E-state index in [1.807, 2.05) is 11.3 Å². The SMILES string of the molecule is CCCN(CC1CCCN1)C(C)c1ccc(C)s1. The van der Waals surface area contributed by atoms with Crippen molar-refractivity contribution in [3.63, 3.8) is 0 Å². The number of aryl methyl sites for hydroxylation is 1. The van der Waals surface area contributed by atoms with Gasteiger partial charge in [0, 0.05) is 28.4 Å². The Balaban J connectivity index is 1.98. The summed E-state index contributed by atoms with van der Waals surface area (Å²) in [4.78, 5) is 5.58. The highest BCUT2D eigenvalue weighted by molar-refractivity contribution is 7.12. The molecule has 18 heavy (non-hydrogen) atoms. The quantitative estimate of drug-likeness (QED) is 0.846.